The van der Waals surface area contributed by atoms with Crippen LogP contribution in [0.3, 0.4) is 0 Å². The summed E-state index contributed by atoms with van der Waals surface area (Å²) in [5.41, 5.74) is 1.20. The Hall–Kier alpha value is -3.06. The van der Waals surface area contributed by atoms with Gasteiger partial charge in [0.15, 0.2) is 0 Å². The van der Waals surface area contributed by atoms with E-state index in [-0.39, 0.29) is 30.6 Å². The number of hydrogen-bond acceptors (Lipinski definition) is 6. The number of rotatable bonds is 7. The van der Waals surface area contributed by atoms with Crippen LogP contribution in [0.2, 0.25) is 0 Å². The highest BCUT2D eigenvalue weighted by atomic mass is 16.5. The third-order valence-corrected chi connectivity index (χ3v) is 4.96. The normalized spacial score (nSPS) is 18.5. The minimum absolute atomic E-state index is 0.0114. The van der Waals surface area contributed by atoms with Gasteiger partial charge in [0.1, 0.15) is 29.1 Å². The lowest BCUT2D eigenvalue weighted by atomic mass is 9.98. The molecule has 1 aromatic heterocycles. The minimum Gasteiger partial charge on any atom is -0.507 e. The van der Waals surface area contributed by atoms with Gasteiger partial charge in [-0.05, 0) is 52.0 Å². The third-order valence-electron chi connectivity index (χ3n) is 4.96. The van der Waals surface area contributed by atoms with Crippen molar-refractivity contribution in [3.63, 3.8) is 0 Å². The predicted octanol–water partition coefficient (Wildman–Crippen LogP) is 3.75. The largest absolute Gasteiger partial charge is 0.507 e. The van der Waals surface area contributed by atoms with Crippen molar-refractivity contribution in [3.05, 3.63) is 58.6 Å². The maximum Gasteiger partial charge on any atom is 0.295 e. The molecule has 1 N–H and O–H groups in total. The molecule has 7 heteroatoms. The van der Waals surface area contributed by atoms with Gasteiger partial charge in [-0.1, -0.05) is 11.6 Å². The maximum atomic E-state index is 13.0. The molecule has 1 amide bonds. The first-order valence-corrected chi connectivity index (χ1v) is 9.86. The standard InChI is InChI=1S/C23H27NO6/c1-13(2)29-11-10-24-20(18-9-7-15(4)30-18)19(22(26)23(24)27)21(25)16-12-14(3)6-8-17(16)28-5/h6-9,12-13,20,25H,10-11H2,1-5H3/b21-19+. The fourth-order valence-corrected chi connectivity index (χ4v) is 3.55. The molecule has 0 saturated carbocycles. The van der Waals surface area contributed by atoms with Crippen LogP contribution in [0.1, 0.15) is 42.5 Å². The number of carbonyl (C=O) groups is 2. The van der Waals surface area contributed by atoms with Crippen LogP contribution in [0.25, 0.3) is 5.76 Å². The molecule has 0 spiro atoms. The lowest BCUT2D eigenvalue weighted by Crippen LogP contribution is -2.33. The Morgan fingerprint density at radius 3 is 2.53 bits per heavy atom. The summed E-state index contributed by atoms with van der Waals surface area (Å²) in [6, 6.07) is 7.89. The van der Waals surface area contributed by atoms with Crippen molar-refractivity contribution in [1.82, 2.24) is 4.90 Å². The molecule has 1 aliphatic heterocycles. The fourth-order valence-electron chi connectivity index (χ4n) is 3.55. The molecule has 0 bridgehead atoms. The van der Waals surface area contributed by atoms with E-state index in [1.165, 1.54) is 12.0 Å². The quantitative estimate of drug-likeness (QED) is 0.422. The molecule has 1 aliphatic rings. The van der Waals surface area contributed by atoms with Crippen molar-refractivity contribution in [2.75, 3.05) is 20.3 Å². The van der Waals surface area contributed by atoms with Crippen molar-refractivity contribution in [2.45, 2.75) is 39.8 Å². The number of benzene rings is 1. The van der Waals surface area contributed by atoms with Crippen molar-refractivity contribution in [3.8, 4) is 5.75 Å². The van der Waals surface area contributed by atoms with Gasteiger partial charge in [0, 0.05) is 6.54 Å². The third kappa shape index (κ3) is 4.11. The first-order valence-electron chi connectivity index (χ1n) is 9.86. The van der Waals surface area contributed by atoms with E-state index in [1.807, 2.05) is 26.8 Å². The summed E-state index contributed by atoms with van der Waals surface area (Å²) < 4.78 is 16.7. The number of Topliss-reactive ketones (excluding diaryl/α,β-unsaturated/α-hetero) is 1. The molecular weight excluding hydrogens is 386 g/mol. The molecule has 0 aliphatic carbocycles. The molecule has 1 saturated heterocycles. The summed E-state index contributed by atoms with van der Waals surface area (Å²) in [6.07, 6.45) is -0.0114. The summed E-state index contributed by atoms with van der Waals surface area (Å²) in [6.45, 7) is 7.88. The second-order valence-corrected chi connectivity index (χ2v) is 7.56. The van der Waals surface area contributed by atoms with Crippen molar-refractivity contribution in [1.29, 1.82) is 0 Å². The minimum atomic E-state index is -0.848. The van der Waals surface area contributed by atoms with Crippen LogP contribution >= 0.6 is 0 Å². The Kier molecular flexibility index (Phi) is 6.31. The van der Waals surface area contributed by atoms with E-state index in [4.69, 9.17) is 13.9 Å². The zero-order valence-electron chi connectivity index (χ0n) is 17.9. The first-order chi connectivity index (χ1) is 14.2. The van der Waals surface area contributed by atoms with Crippen molar-refractivity contribution < 1.29 is 28.6 Å². The summed E-state index contributed by atoms with van der Waals surface area (Å²) in [5, 5.41) is 11.1. The highest BCUT2D eigenvalue weighted by Gasteiger charge is 2.47. The number of ketones is 1. The van der Waals surface area contributed by atoms with Gasteiger partial charge in [0.25, 0.3) is 11.7 Å². The summed E-state index contributed by atoms with van der Waals surface area (Å²) in [5.74, 6) is -0.303. The number of nitrogens with zero attached hydrogens (tertiary/aromatic N) is 1. The van der Waals surface area contributed by atoms with E-state index >= 15 is 0 Å². The van der Waals surface area contributed by atoms with Crippen LogP contribution < -0.4 is 4.74 Å². The summed E-state index contributed by atoms with van der Waals surface area (Å²) in [4.78, 5) is 27.2. The first kappa shape index (κ1) is 21.6. The molecular formula is C23H27NO6. The SMILES string of the molecule is COc1ccc(C)cc1/C(O)=C1\C(=O)C(=O)N(CCOC(C)C)C1c1ccc(C)o1. The van der Waals surface area contributed by atoms with E-state index < -0.39 is 17.7 Å². The predicted molar refractivity (Wildman–Crippen MR) is 111 cm³/mol. The zero-order valence-corrected chi connectivity index (χ0v) is 17.9. The smallest absolute Gasteiger partial charge is 0.295 e. The van der Waals surface area contributed by atoms with Gasteiger partial charge < -0.3 is 23.9 Å². The molecule has 2 aromatic rings. The lowest BCUT2D eigenvalue weighted by Gasteiger charge is -2.24. The van der Waals surface area contributed by atoms with Crippen molar-refractivity contribution >= 4 is 17.4 Å². The number of hydrogen-bond donors (Lipinski definition) is 1. The molecule has 1 fully saturated rings. The molecule has 160 valence electrons. The van der Waals surface area contributed by atoms with E-state index in [2.05, 4.69) is 0 Å². The molecule has 7 nitrogen and oxygen atoms in total. The Labute approximate surface area is 175 Å². The average Bonchev–Trinajstić information content (AvgIpc) is 3.23. The second-order valence-electron chi connectivity index (χ2n) is 7.56. The number of aliphatic hydroxyl groups excluding tert-OH is 1. The van der Waals surface area contributed by atoms with Gasteiger partial charge in [0.2, 0.25) is 0 Å². The summed E-state index contributed by atoms with van der Waals surface area (Å²) in [7, 11) is 1.48. The van der Waals surface area contributed by atoms with Gasteiger partial charge in [-0.3, -0.25) is 9.59 Å². The number of methoxy groups -OCH3 is 1. The van der Waals surface area contributed by atoms with Crippen LogP contribution in [0.15, 0.2) is 40.3 Å². The van der Waals surface area contributed by atoms with Crippen molar-refractivity contribution in [2.24, 2.45) is 0 Å². The average molecular weight is 413 g/mol. The zero-order chi connectivity index (χ0) is 22.0. The number of ether oxygens (including phenoxy) is 2. The van der Waals surface area contributed by atoms with Crippen LogP contribution in [-0.2, 0) is 14.3 Å². The molecule has 1 aromatic carbocycles. The van der Waals surface area contributed by atoms with E-state index in [1.54, 1.807) is 31.2 Å². The molecule has 1 unspecified atom stereocenters. The van der Waals surface area contributed by atoms with Gasteiger partial charge >= 0.3 is 0 Å². The lowest BCUT2D eigenvalue weighted by molar-refractivity contribution is -0.140. The topological polar surface area (TPSA) is 89.2 Å². The number of furan rings is 1. The number of amides is 1. The molecule has 1 atom stereocenters. The van der Waals surface area contributed by atoms with Crippen LogP contribution in [0, 0.1) is 13.8 Å². The Morgan fingerprint density at radius 1 is 1.20 bits per heavy atom. The molecule has 2 heterocycles. The van der Waals surface area contributed by atoms with Gasteiger partial charge in [-0.2, -0.15) is 0 Å². The van der Waals surface area contributed by atoms with E-state index in [0.29, 0.717) is 22.8 Å². The highest BCUT2D eigenvalue weighted by molar-refractivity contribution is 6.46. The Bertz CT molecular complexity index is 987. The molecule has 3 rings (SSSR count). The van der Waals surface area contributed by atoms with Crippen LogP contribution in [0.5, 0.6) is 5.75 Å². The summed E-state index contributed by atoms with van der Waals surface area (Å²) >= 11 is 0. The van der Waals surface area contributed by atoms with Gasteiger partial charge in [0.05, 0.1) is 31.0 Å². The highest BCUT2D eigenvalue weighted by Crippen LogP contribution is 2.41. The van der Waals surface area contributed by atoms with Gasteiger partial charge in [-0.25, -0.2) is 0 Å². The molecule has 30 heavy (non-hydrogen) atoms. The number of aryl methyl sites for hydroxylation is 2. The van der Waals surface area contributed by atoms with E-state index in [0.717, 1.165) is 5.56 Å². The molecule has 0 radical (unpaired) electrons. The Morgan fingerprint density at radius 2 is 1.93 bits per heavy atom. The second kappa shape index (κ2) is 8.75. The fraction of sp³-hybridized carbons (Fsp3) is 0.391. The number of likely N-dealkylation sites (tertiary alicyclic amines) is 1. The van der Waals surface area contributed by atoms with Crippen LogP contribution in [0.4, 0.5) is 0 Å². The van der Waals surface area contributed by atoms with Gasteiger partial charge in [-0.15, -0.1) is 0 Å². The van der Waals surface area contributed by atoms with E-state index in [9.17, 15) is 14.7 Å². The monoisotopic (exact) mass is 413 g/mol. The maximum absolute atomic E-state index is 13.0. The Balaban J connectivity index is 2.13. The number of aliphatic hydroxyl groups is 1. The van der Waals surface area contributed by atoms with Crippen LogP contribution in [-0.4, -0.2) is 48.1 Å². The number of carbonyl (C=O) groups excluding carboxylic acids is 2.